The van der Waals surface area contributed by atoms with Crippen LogP contribution in [0, 0.1) is 5.82 Å². The van der Waals surface area contributed by atoms with Gasteiger partial charge in [-0.25, -0.2) is 4.39 Å². The number of benzene rings is 1. The summed E-state index contributed by atoms with van der Waals surface area (Å²) in [6.07, 6.45) is 0. The summed E-state index contributed by atoms with van der Waals surface area (Å²) in [5.74, 6) is -1.89. The molecule has 14 heavy (non-hydrogen) atoms. The fourth-order valence-electron chi connectivity index (χ4n) is 1.05. The summed E-state index contributed by atoms with van der Waals surface area (Å²) in [4.78, 5) is 0. The molecule has 0 amide bonds. The SMILES string of the molecule is NC(CO)c1c(O)c(O)cc(F)c1Br. The van der Waals surface area contributed by atoms with E-state index in [0.717, 1.165) is 6.07 Å². The molecule has 0 heterocycles. The molecular formula is C8H9BrFNO3. The predicted octanol–water partition coefficient (Wildman–Crippen LogP) is 0.991. The molecule has 78 valence electrons. The minimum absolute atomic E-state index is 0.0509. The number of aliphatic hydroxyl groups excluding tert-OH is 1. The van der Waals surface area contributed by atoms with Crippen LogP contribution in [0.4, 0.5) is 4.39 Å². The smallest absolute Gasteiger partial charge is 0.163 e. The zero-order valence-corrected chi connectivity index (χ0v) is 8.62. The second-order valence-corrected chi connectivity index (χ2v) is 3.54. The lowest BCUT2D eigenvalue weighted by Gasteiger charge is -2.14. The molecule has 0 radical (unpaired) electrons. The molecule has 1 rings (SSSR count). The van der Waals surface area contributed by atoms with Gasteiger partial charge in [-0.3, -0.25) is 0 Å². The van der Waals surface area contributed by atoms with E-state index in [1.165, 1.54) is 0 Å². The molecule has 4 nitrogen and oxygen atoms in total. The third-order valence-electron chi connectivity index (χ3n) is 1.77. The molecule has 6 heteroatoms. The number of nitrogens with two attached hydrogens (primary N) is 1. The zero-order chi connectivity index (χ0) is 10.9. The molecule has 0 bridgehead atoms. The van der Waals surface area contributed by atoms with Crippen molar-refractivity contribution in [1.29, 1.82) is 0 Å². The van der Waals surface area contributed by atoms with Crippen LogP contribution in [0.1, 0.15) is 11.6 Å². The number of rotatable bonds is 2. The summed E-state index contributed by atoms with van der Waals surface area (Å²) in [5.41, 5.74) is 5.36. The van der Waals surface area contributed by atoms with Gasteiger partial charge in [-0.05, 0) is 15.9 Å². The Bertz CT molecular complexity index is 333. The number of phenolic OH excluding ortho intramolecular Hbond substituents is 2. The van der Waals surface area contributed by atoms with E-state index in [4.69, 9.17) is 15.9 Å². The van der Waals surface area contributed by atoms with Crippen molar-refractivity contribution in [1.82, 2.24) is 0 Å². The Kier molecular flexibility index (Phi) is 3.30. The van der Waals surface area contributed by atoms with Crippen LogP contribution in [-0.4, -0.2) is 21.9 Å². The molecule has 5 N–H and O–H groups in total. The molecule has 1 aromatic rings. The van der Waals surface area contributed by atoms with Crippen molar-refractivity contribution in [2.75, 3.05) is 6.61 Å². The summed E-state index contributed by atoms with van der Waals surface area (Å²) < 4.78 is 13.0. The predicted molar refractivity (Wildman–Crippen MR) is 51.4 cm³/mol. The standard InChI is InChI=1S/C8H9BrFNO3/c9-7-3(10)1-5(13)8(14)6(7)4(11)2-12/h1,4,12-14H,2,11H2. The summed E-state index contributed by atoms with van der Waals surface area (Å²) in [5, 5.41) is 27.2. The fourth-order valence-corrected chi connectivity index (χ4v) is 1.65. The van der Waals surface area contributed by atoms with Gasteiger partial charge < -0.3 is 21.1 Å². The van der Waals surface area contributed by atoms with Crippen LogP contribution in [0.5, 0.6) is 11.5 Å². The molecule has 0 saturated carbocycles. The maximum atomic E-state index is 13.1. The summed E-state index contributed by atoms with van der Waals surface area (Å²) >= 11 is 2.87. The van der Waals surface area contributed by atoms with Crippen LogP contribution in [0.2, 0.25) is 0 Å². The maximum absolute atomic E-state index is 13.1. The third-order valence-corrected chi connectivity index (χ3v) is 2.58. The van der Waals surface area contributed by atoms with Gasteiger partial charge in [0.25, 0.3) is 0 Å². The Morgan fingerprint density at radius 2 is 2.07 bits per heavy atom. The van der Waals surface area contributed by atoms with Crippen molar-refractivity contribution in [3.05, 3.63) is 21.9 Å². The van der Waals surface area contributed by atoms with Crippen LogP contribution in [0.15, 0.2) is 10.5 Å². The van der Waals surface area contributed by atoms with Crippen molar-refractivity contribution in [2.24, 2.45) is 5.73 Å². The first-order valence-electron chi connectivity index (χ1n) is 3.75. The molecule has 1 atom stereocenters. The largest absolute Gasteiger partial charge is 0.504 e. The zero-order valence-electron chi connectivity index (χ0n) is 7.04. The second kappa shape index (κ2) is 4.12. The average Bonchev–Trinajstić information content (AvgIpc) is 2.15. The lowest BCUT2D eigenvalue weighted by atomic mass is 10.1. The van der Waals surface area contributed by atoms with E-state index in [9.17, 15) is 9.50 Å². The Labute approximate surface area is 87.9 Å². The molecule has 0 spiro atoms. The highest BCUT2D eigenvalue weighted by Crippen LogP contribution is 2.39. The van der Waals surface area contributed by atoms with Crippen LogP contribution in [0.25, 0.3) is 0 Å². The van der Waals surface area contributed by atoms with Crippen LogP contribution >= 0.6 is 15.9 Å². The van der Waals surface area contributed by atoms with Crippen molar-refractivity contribution in [2.45, 2.75) is 6.04 Å². The summed E-state index contributed by atoms with van der Waals surface area (Å²) in [6, 6.07) is -0.196. The van der Waals surface area contributed by atoms with Gasteiger partial charge in [0.1, 0.15) is 5.82 Å². The molecule has 0 aliphatic carbocycles. The Morgan fingerprint density at radius 1 is 1.50 bits per heavy atom. The topological polar surface area (TPSA) is 86.7 Å². The molecule has 0 aliphatic rings. The highest BCUT2D eigenvalue weighted by atomic mass is 79.9. The Hall–Kier alpha value is -0.850. The molecule has 0 aromatic heterocycles. The van der Waals surface area contributed by atoms with Crippen LogP contribution in [-0.2, 0) is 0 Å². The van der Waals surface area contributed by atoms with Gasteiger partial charge in [0, 0.05) is 11.6 Å². The lowest BCUT2D eigenvalue weighted by Crippen LogP contribution is -2.15. The maximum Gasteiger partial charge on any atom is 0.163 e. The first-order chi connectivity index (χ1) is 6.49. The van der Waals surface area contributed by atoms with Gasteiger partial charge >= 0.3 is 0 Å². The third kappa shape index (κ3) is 1.82. The summed E-state index contributed by atoms with van der Waals surface area (Å²) in [7, 11) is 0. The fraction of sp³-hybridized carbons (Fsp3) is 0.250. The molecule has 1 unspecified atom stereocenters. The van der Waals surface area contributed by atoms with Gasteiger partial charge in [0.15, 0.2) is 11.5 Å². The number of hydrogen-bond donors (Lipinski definition) is 4. The van der Waals surface area contributed by atoms with Gasteiger partial charge in [-0.15, -0.1) is 0 Å². The first kappa shape index (κ1) is 11.2. The number of phenols is 2. The molecule has 0 saturated heterocycles. The number of aromatic hydroxyl groups is 2. The number of hydrogen-bond acceptors (Lipinski definition) is 4. The van der Waals surface area contributed by atoms with E-state index in [1.54, 1.807) is 0 Å². The quantitative estimate of drug-likeness (QED) is 0.601. The minimum atomic E-state index is -0.953. The van der Waals surface area contributed by atoms with Gasteiger partial charge in [-0.2, -0.15) is 0 Å². The van der Waals surface area contributed by atoms with Crippen molar-refractivity contribution >= 4 is 15.9 Å². The molecule has 0 aliphatic heterocycles. The van der Waals surface area contributed by atoms with Crippen LogP contribution < -0.4 is 5.73 Å². The van der Waals surface area contributed by atoms with Crippen molar-refractivity contribution in [3.8, 4) is 11.5 Å². The molecule has 1 aromatic carbocycles. The molecular weight excluding hydrogens is 257 g/mol. The van der Waals surface area contributed by atoms with Gasteiger partial charge in [0.2, 0.25) is 0 Å². The van der Waals surface area contributed by atoms with Crippen LogP contribution in [0.3, 0.4) is 0 Å². The monoisotopic (exact) mass is 265 g/mol. The Morgan fingerprint density at radius 3 is 2.57 bits per heavy atom. The van der Waals surface area contributed by atoms with Gasteiger partial charge in [0.05, 0.1) is 17.1 Å². The van der Waals surface area contributed by atoms with Crippen molar-refractivity contribution < 1.29 is 19.7 Å². The van der Waals surface area contributed by atoms with E-state index < -0.39 is 30.0 Å². The summed E-state index contributed by atoms with van der Waals surface area (Å²) in [6.45, 7) is -0.463. The van der Waals surface area contributed by atoms with E-state index >= 15 is 0 Å². The average molecular weight is 266 g/mol. The Balaban J connectivity index is 3.39. The minimum Gasteiger partial charge on any atom is -0.504 e. The van der Waals surface area contributed by atoms with E-state index in [-0.39, 0.29) is 10.0 Å². The highest BCUT2D eigenvalue weighted by molar-refractivity contribution is 9.10. The van der Waals surface area contributed by atoms with E-state index in [1.807, 2.05) is 0 Å². The normalized spacial score (nSPS) is 12.9. The molecule has 0 fully saturated rings. The number of aliphatic hydroxyl groups is 1. The first-order valence-corrected chi connectivity index (χ1v) is 4.54. The lowest BCUT2D eigenvalue weighted by molar-refractivity contribution is 0.263. The van der Waals surface area contributed by atoms with Gasteiger partial charge in [-0.1, -0.05) is 0 Å². The number of halogens is 2. The van der Waals surface area contributed by atoms with E-state index in [0.29, 0.717) is 0 Å². The van der Waals surface area contributed by atoms with Crippen molar-refractivity contribution in [3.63, 3.8) is 0 Å². The second-order valence-electron chi connectivity index (χ2n) is 2.74. The van der Waals surface area contributed by atoms with E-state index in [2.05, 4.69) is 15.9 Å². The highest BCUT2D eigenvalue weighted by Gasteiger charge is 2.20.